The zero-order valence-corrected chi connectivity index (χ0v) is 9.98. The van der Waals surface area contributed by atoms with Gasteiger partial charge in [-0.3, -0.25) is 10.1 Å². The van der Waals surface area contributed by atoms with Crippen LogP contribution in [0.2, 0.25) is 0 Å². The Morgan fingerprint density at radius 1 is 1.44 bits per heavy atom. The number of rotatable bonds is 4. The van der Waals surface area contributed by atoms with Crippen LogP contribution in [0.3, 0.4) is 0 Å². The second-order valence-corrected chi connectivity index (χ2v) is 4.38. The fourth-order valence-electron chi connectivity index (χ4n) is 1.14. The van der Waals surface area contributed by atoms with Crippen LogP contribution in [0.25, 0.3) is 0 Å². The molecule has 0 fully saturated rings. The summed E-state index contributed by atoms with van der Waals surface area (Å²) in [5.41, 5.74) is -0.320. The highest BCUT2D eigenvalue weighted by Gasteiger charge is 2.39. The van der Waals surface area contributed by atoms with Crippen molar-refractivity contribution in [2.24, 2.45) is 0 Å². The number of aromatic nitrogens is 1. The normalized spacial score (nSPS) is 11.3. The Morgan fingerprint density at radius 2 is 2.06 bits per heavy atom. The Labute approximate surface area is 104 Å². The highest BCUT2D eigenvalue weighted by molar-refractivity contribution is 7.16. The standard InChI is InChI=1S/C9H9F3N2O3S/c1-2-3-4-5(6(15)16)13-8(18-4)14-7(17)9(10,11)12/h2-3H2,1H3,(H,15,16)(H,13,14,17). The lowest BCUT2D eigenvalue weighted by molar-refractivity contribution is -0.167. The molecule has 0 radical (unpaired) electrons. The maximum atomic E-state index is 12.0. The number of anilines is 1. The van der Waals surface area contributed by atoms with Gasteiger partial charge in [-0.1, -0.05) is 13.3 Å². The summed E-state index contributed by atoms with van der Waals surface area (Å²) in [6.07, 6.45) is -4.03. The van der Waals surface area contributed by atoms with Crippen molar-refractivity contribution in [3.63, 3.8) is 0 Å². The molecule has 1 heterocycles. The lowest BCUT2D eigenvalue weighted by atomic mass is 10.2. The van der Waals surface area contributed by atoms with Gasteiger partial charge >= 0.3 is 18.1 Å². The molecule has 1 aromatic rings. The van der Waals surface area contributed by atoms with E-state index < -0.39 is 18.1 Å². The number of carbonyl (C=O) groups excluding carboxylic acids is 1. The molecular formula is C9H9F3N2O3S. The Hall–Kier alpha value is -1.64. The van der Waals surface area contributed by atoms with Crippen LogP contribution in [0.5, 0.6) is 0 Å². The zero-order chi connectivity index (χ0) is 13.9. The van der Waals surface area contributed by atoms with Gasteiger partial charge in [-0.15, -0.1) is 11.3 Å². The first-order chi connectivity index (χ1) is 8.25. The smallest absolute Gasteiger partial charge is 0.471 e. The first-order valence-electron chi connectivity index (χ1n) is 4.86. The lowest BCUT2D eigenvalue weighted by Crippen LogP contribution is -2.29. The number of hydrogen-bond donors (Lipinski definition) is 2. The van der Waals surface area contributed by atoms with E-state index >= 15 is 0 Å². The molecule has 0 spiro atoms. The second kappa shape index (κ2) is 5.34. The topological polar surface area (TPSA) is 79.3 Å². The number of carboxylic acid groups (broad SMARTS) is 1. The van der Waals surface area contributed by atoms with E-state index in [0.717, 1.165) is 11.3 Å². The van der Waals surface area contributed by atoms with E-state index in [1.807, 2.05) is 0 Å². The van der Waals surface area contributed by atoms with Gasteiger partial charge in [0.1, 0.15) is 0 Å². The van der Waals surface area contributed by atoms with Crippen molar-refractivity contribution in [1.29, 1.82) is 0 Å². The summed E-state index contributed by atoms with van der Waals surface area (Å²) in [5.74, 6) is -3.50. The molecule has 1 rings (SSSR count). The first kappa shape index (κ1) is 14.4. The molecule has 0 bridgehead atoms. The maximum Gasteiger partial charge on any atom is 0.471 e. The predicted molar refractivity (Wildman–Crippen MR) is 57.8 cm³/mol. The van der Waals surface area contributed by atoms with E-state index in [9.17, 15) is 22.8 Å². The number of carboxylic acids is 1. The number of hydrogen-bond acceptors (Lipinski definition) is 4. The summed E-state index contributed by atoms with van der Waals surface area (Å²) >= 11 is 0.733. The molecule has 0 aliphatic carbocycles. The number of aryl methyl sites for hydroxylation is 1. The third-order valence-electron chi connectivity index (χ3n) is 1.85. The molecule has 0 unspecified atom stereocenters. The van der Waals surface area contributed by atoms with Crippen molar-refractivity contribution in [1.82, 2.24) is 4.98 Å². The molecule has 1 amide bonds. The molecule has 5 nitrogen and oxygen atoms in total. The van der Waals surface area contributed by atoms with E-state index in [-0.39, 0.29) is 10.8 Å². The summed E-state index contributed by atoms with van der Waals surface area (Å²) < 4.78 is 36.0. The quantitative estimate of drug-likeness (QED) is 0.888. The summed E-state index contributed by atoms with van der Waals surface area (Å²) in [6.45, 7) is 1.79. The van der Waals surface area contributed by atoms with Crippen LogP contribution in [0.1, 0.15) is 28.7 Å². The number of halogens is 3. The van der Waals surface area contributed by atoms with Crippen LogP contribution < -0.4 is 5.32 Å². The van der Waals surface area contributed by atoms with E-state index in [2.05, 4.69) is 4.98 Å². The number of nitrogens with zero attached hydrogens (tertiary/aromatic N) is 1. The van der Waals surface area contributed by atoms with Crippen LogP contribution in [0.4, 0.5) is 18.3 Å². The minimum absolute atomic E-state index is 0.320. The third-order valence-corrected chi connectivity index (χ3v) is 2.89. The summed E-state index contributed by atoms with van der Waals surface area (Å²) in [6, 6.07) is 0. The van der Waals surface area contributed by atoms with E-state index in [1.165, 1.54) is 5.32 Å². The van der Waals surface area contributed by atoms with Crippen molar-refractivity contribution >= 4 is 28.3 Å². The van der Waals surface area contributed by atoms with Crippen LogP contribution in [0, 0.1) is 0 Å². The largest absolute Gasteiger partial charge is 0.476 e. The number of amides is 1. The van der Waals surface area contributed by atoms with Gasteiger partial charge in [-0.25, -0.2) is 9.78 Å². The van der Waals surface area contributed by atoms with Gasteiger partial charge < -0.3 is 5.11 Å². The molecule has 9 heteroatoms. The summed E-state index contributed by atoms with van der Waals surface area (Å²) in [5, 5.41) is 9.98. The van der Waals surface area contributed by atoms with Gasteiger partial charge in [0.25, 0.3) is 0 Å². The highest BCUT2D eigenvalue weighted by Crippen LogP contribution is 2.26. The fraction of sp³-hybridized carbons (Fsp3) is 0.444. The molecule has 18 heavy (non-hydrogen) atoms. The number of thiazole rings is 1. The first-order valence-corrected chi connectivity index (χ1v) is 5.68. The molecule has 0 aliphatic rings. The molecule has 0 atom stereocenters. The van der Waals surface area contributed by atoms with E-state index in [4.69, 9.17) is 5.11 Å². The monoisotopic (exact) mass is 282 g/mol. The van der Waals surface area contributed by atoms with Gasteiger partial charge in [0.15, 0.2) is 10.8 Å². The zero-order valence-electron chi connectivity index (χ0n) is 9.17. The second-order valence-electron chi connectivity index (χ2n) is 3.30. The summed E-state index contributed by atoms with van der Waals surface area (Å²) in [4.78, 5) is 25.3. The number of alkyl halides is 3. The van der Waals surface area contributed by atoms with Crippen molar-refractivity contribution in [3.8, 4) is 0 Å². The highest BCUT2D eigenvalue weighted by atomic mass is 32.1. The average molecular weight is 282 g/mol. The third kappa shape index (κ3) is 3.42. The van der Waals surface area contributed by atoms with Gasteiger partial charge in [0.2, 0.25) is 0 Å². The van der Waals surface area contributed by atoms with Gasteiger partial charge in [0, 0.05) is 4.88 Å². The van der Waals surface area contributed by atoms with Gasteiger partial charge in [-0.2, -0.15) is 13.2 Å². The van der Waals surface area contributed by atoms with Crippen molar-refractivity contribution in [2.75, 3.05) is 5.32 Å². The minimum atomic E-state index is -5.03. The number of nitrogens with one attached hydrogen (secondary N) is 1. The lowest BCUT2D eigenvalue weighted by Gasteiger charge is -2.03. The molecule has 1 aromatic heterocycles. The van der Waals surface area contributed by atoms with Gasteiger partial charge in [0.05, 0.1) is 0 Å². The molecule has 0 aliphatic heterocycles. The van der Waals surface area contributed by atoms with Crippen LogP contribution in [-0.2, 0) is 11.2 Å². The van der Waals surface area contributed by atoms with Gasteiger partial charge in [-0.05, 0) is 6.42 Å². The summed E-state index contributed by atoms with van der Waals surface area (Å²) in [7, 11) is 0. The minimum Gasteiger partial charge on any atom is -0.476 e. The van der Waals surface area contributed by atoms with E-state index in [0.29, 0.717) is 17.7 Å². The maximum absolute atomic E-state index is 12.0. The molecule has 100 valence electrons. The van der Waals surface area contributed by atoms with Crippen LogP contribution in [-0.4, -0.2) is 28.1 Å². The Bertz CT molecular complexity index is 470. The molecule has 0 saturated carbocycles. The SMILES string of the molecule is CCCc1sc(NC(=O)C(F)(F)F)nc1C(=O)O. The molecular weight excluding hydrogens is 273 g/mol. The van der Waals surface area contributed by atoms with E-state index in [1.54, 1.807) is 6.92 Å². The fourth-order valence-corrected chi connectivity index (χ4v) is 2.19. The Balaban J connectivity index is 2.95. The molecule has 2 N–H and O–H groups in total. The number of aromatic carboxylic acids is 1. The van der Waals surface area contributed by atoms with Crippen molar-refractivity contribution in [3.05, 3.63) is 10.6 Å². The molecule has 0 saturated heterocycles. The predicted octanol–water partition coefficient (Wildman–Crippen LogP) is 2.29. The average Bonchev–Trinajstić information content (AvgIpc) is 2.60. The van der Waals surface area contributed by atoms with Crippen LogP contribution in [0.15, 0.2) is 0 Å². The number of carbonyl (C=O) groups is 2. The van der Waals surface area contributed by atoms with Crippen molar-refractivity contribution < 1.29 is 27.9 Å². The van der Waals surface area contributed by atoms with Crippen molar-refractivity contribution in [2.45, 2.75) is 25.9 Å². The Morgan fingerprint density at radius 3 is 2.50 bits per heavy atom. The van der Waals surface area contributed by atoms with Crippen LogP contribution >= 0.6 is 11.3 Å². The molecule has 0 aromatic carbocycles. The Kier molecular flexibility index (Phi) is 4.28.